The highest BCUT2D eigenvalue weighted by molar-refractivity contribution is 5.75. The zero-order chi connectivity index (χ0) is 18.8. The highest BCUT2D eigenvalue weighted by Crippen LogP contribution is 2.30. The van der Waals surface area contributed by atoms with E-state index in [2.05, 4.69) is 21.0 Å². The van der Waals surface area contributed by atoms with Gasteiger partial charge in [-0.2, -0.15) is 5.26 Å². The van der Waals surface area contributed by atoms with Crippen molar-refractivity contribution in [2.24, 2.45) is 0 Å². The first-order valence-electron chi connectivity index (χ1n) is 7.88. The van der Waals surface area contributed by atoms with Crippen LogP contribution in [-0.2, 0) is 10.2 Å². The van der Waals surface area contributed by atoms with E-state index in [1.165, 1.54) is 0 Å². The monoisotopic (exact) mass is 339 g/mol. The van der Waals surface area contributed by atoms with Gasteiger partial charge in [0, 0.05) is 40.5 Å². The summed E-state index contributed by atoms with van der Waals surface area (Å²) in [4.78, 5) is 23.9. The van der Waals surface area contributed by atoms with Crippen LogP contribution < -0.4 is 5.73 Å². The number of hydrogen-bond donors (Lipinski definition) is 2. The molecule has 25 heavy (non-hydrogen) atoms. The number of hydrogen-bond acceptors (Lipinski definition) is 6. The lowest BCUT2D eigenvalue weighted by atomic mass is 9.94. The van der Waals surface area contributed by atoms with Gasteiger partial charge in [0.05, 0.1) is 6.42 Å². The van der Waals surface area contributed by atoms with E-state index in [-0.39, 0.29) is 29.1 Å². The Labute approximate surface area is 146 Å². The smallest absolute Gasteiger partial charge is 0.304 e. The Morgan fingerprint density at radius 2 is 1.96 bits per heavy atom. The Kier molecular flexibility index (Phi) is 5.02. The molecule has 130 valence electrons. The quantitative estimate of drug-likeness (QED) is 0.877. The maximum Gasteiger partial charge on any atom is 0.304 e. The predicted octanol–water partition coefficient (Wildman–Crippen LogP) is 2.87. The van der Waals surface area contributed by atoms with Gasteiger partial charge in [0.25, 0.3) is 0 Å². The van der Waals surface area contributed by atoms with Crippen LogP contribution in [0.2, 0.25) is 0 Å². The molecule has 0 fully saturated rings. The van der Waals surface area contributed by atoms with Crippen molar-refractivity contribution in [2.75, 3.05) is 5.73 Å². The van der Waals surface area contributed by atoms with E-state index in [0.717, 1.165) is 0 Å². The van der Waals surface area contributed by atoms with Crippen molar-refractivity contribution < 1.29 is 9.90 Å². The number of carboxylic acids is 1. The molecule has 7 heteroatoms. The highest BCUT2D eigenvalue weighted by atomic mass is 16.4. The van der Waals surface area contributed by atoms with Crippen LogP contribution in [0.25, 0.3) is 11.1 Å². The second-order valence-corrected chi connectivity index (χ2v) is 7.01. The van der Waals surface area contributed by atoms with Crippen LogP contribution in [0.15, 0.2) is 18.5 Å². The van der Waals surface area contributed by atoms with Crippen molar-refractivity contribution >= 4 is 11.8 Å². The average molecular weight is 339 g/mol. The van der Waals surface area contributed by atoms with Gasteiger partial charge in [0.2, 0.25) is 0 Å². The lowest BCUT2D eigenvalue weighted by Gasteiger charge is -2.17. The van der Waals surface area contributed by atoms with E-state index in [1.54, 1.807) is 25.4 Å². The van der Waals surface area contributed by atoms with E-state index < -0.39 is 5.97 Å². The molecule has 1 atom stereocenters. The molecule has 0 spiro atoms. The molecular weight excluding hydrogens is 318 g/mol. The standard InChI is InChI=1S/C18H21N5O2/c1-10(5-15(24)25)14-6-12(13(7-19)16(20)23-14)11-8-21-17(22-9-11)18(2,3)4/h6,8-10H,5H2,1-4H3,(H2,20,23)(H,24,25). The summed E-state index contributed by atoms with van der Waals surface area (Å²) in [6.45, 7) is 7.79. The van der Waals surface area contributed by atoms with E-state index in [4.69, 9.17) is 10.8 Å². The number of rotatable bonds is 4. The van der Waals surface area contributed by atoms with Gasteiger partial charge in [-0.1, -0.05) is 27.7 Å². The SMILES string of the molecule is CC(CC(=O)O)c1cc(-c2cnc(C(C)(C)C)nc2)c(C#N)c(N)n1. The molecule has 0 aliphatic rings. The van der Waals surface area contributed by atoms with Gasteiger partial charge < -0.3 is 10.8 Å². The largest absolute Gasteiger partial charge is 0.481 e. The number of aliphatic carboxylic acids is 1. The van der Waals surface area contributed by atoms with E-state index >= 15 is 0 Å². The summed E-state index contributed by atoms with van der Waals surface area (Å²) >= 11 is 0. The summed E-state index contributed by atoms with van der Waals surface area (Å²) in [6.07, 6.45) is 3.22. The second-order valence-electron chi connectivity index (χ2n) is 7.01. The third-order valence-corrected chi connectivity index (χ3v) is 3.80. The van der Waals surface area contributed by atoms with Crippen LogP contribution in [0.1, 0.15) is 57.1 Å². The Bertz CT molecular complexity index is 832. The minimum absolute atomic E-state index is 0.0722. The normalized spacial score (nSPS) is 12.4. The third kappa shape index (κ3) is 4.10. The van der Waals surface area contributed by atoms with Crippen molar-refractivity contribution in [3.05, 3.63) is 35.5 Å². The molecule has 0 saturated heterocycles. The number of nitrogens with two attached hydrogens (primary N) is 1. The Morgan fingerprint density at radius 1 is 1.36 bits per heavy atom. The molecular formula is C18H21N5O2. The zero-order valence-electron chi connectivity index (χ0n) is 14.7. The van der Waals surface area contributed by atoms with Gasteiger partial charge in [0.1, 0.15) is 23.3 Å². The fourth-order valence-electron chi connectivity index (χ4n) is 2.40. The molecule has 0 aromatic carbocycles. The molecule has 0 aliphatic carbocycles. The Hall–Kier alpha value is -3.01. The molecule has 7 nitrogen and oxygen atoms in total. The predicted molar refractivity (Wildman–Crippen MR) is 93.8 cm³/mol. The summed E-state index contributed by atoms with van der Waals surface area (Å²) in [7, 11) is 0. The van der Waals surface area contributed by atoms with E-state index in [9.17, 15) is 10.1 Å². The van der Waals surface area contributed by atoms with Crippen molar-refractivity contribution in [3.63, 3.8) is 0 Å². The van der Waals surface area contributed by atoms with Crippen molar-refractivity contribution in [1.29, 1.82) is 5.26 Å². The Morgan fingerprint density at radius 3 is 2.44 bits per heavy atom. The summed E-state index contributed by atoms with van der Waals surface area (Å²) in [6, 6.07) is 3.75. The number of nitrogens with zero attached hydrogens (tertiary/aromatic N) is 4. The topological polar surface area (TPSA) is 126 Å². The Balaban J connectivity index is 2.54. The summed E-state index contributed by atoms with van der Waals surface area (Å²) < 4.78 is 0. The minimum atomic E-state index is -0.920. The fraction of sp³-hybridized carbons (Fsp3) is 0.389. The molecule has 2 heterocycles. The number of pyridine rings is 1. The first kappa shape index (κ1) is 18.3. The van der Waals surface area contributed by atoms with Crippen LogP contribution in [0.3, 0.4) is 0 Å². The van der Waals surface area contributed by atoms with Crippen LogP contribution in [0, 0.1) is 11.3 Å². The summed E-state index contributed by atoms with van der Waals surface area (Å²) in [5.74, 6) is -0.485. The molecule has 0 saturated carbocycles. The molecule has 0 radical (unpaired) electrons. The maximum atomic E-state index is 10.9. The second kappa shape index (κ2) is 6.85. The third-order valence-electron chi connectivity index (χ3n) is 3.80. The number of nitrogen functional groups attached to an aromatic ring is 1. The minimum Gasteiger partial charge on any atom is -0.481 e. The number of anilines is 1. The van der Waals surface area contributed by atoms with Gasteiger partial charge in [-0.05, 0) is 6.07 Å². The molecule has 1 unspecified atom stereocenters. The van der Waals surface area contributed by atoms with Crippen molar-refractivity contribution in [2.45, 2.75) is 45.4 Å². The van der Waals surface area contributed by atoms with Crippen LogP contribution in [0.4, 0.5) is 5.82 Å². The van der Waals surface area contributed by atoms with Crippen LogP contribution in [0.5, 0.6) is 0 Å². The van der Waals surface area contributed by atoms with Gasteiger partial charge in [-0.15, -0.1) is 0 Å². The fourth-order valence-corrected chi connectivity index (χ4v) is 2.40. The first-order chi connectivity index (χ1) is 11.6. The maximum absolute atomic E-state index is 10.9. The first-order valence-corrected chi connectivity index (χ1v) is 7.88. The van der Waals surface area contributed by atoms with Crippen molar-refractivity contribution in [1.82, 2.24) is 15.0 Å². The summed E-state index contributed by atoms with van der Waals surface area (Å²) in [5, 5.41) is 18.4. The summed E-state index contributed by atoms with van der Waals surface area (Å²) in [5.41, 5.74) is 7.69. The van der Waals surface area contributed by atoms with Crippen LogP contribution >= 0.6 is 0 Å². The zero-order valence-corrected chi connectivity index (χ0v) is 14.7. The van der Waals surface area contributed by atoms with Gasteiger partial charge in [-0.25, -0.2) is 15.0 Å². The number of nitriles is 1. The van der Waals surface area contributed by atoms with Gasteiger partial charge >= 0.3 is 5.97 Å². The van der Waals surface area contributed by atoms with Crippen LogP contribution in [-0.4, -0.2) is 26.0 Å². The molecule has 3 N–H and O–H groups in total. The highest BCUT2D eigenvalue weighted by Gasteiger charge is 2.20. The lowest BCUT2D eigenvalue weighted by Crippen LogP contribution is -2.15. The molecule has 2 rings (SSSR count). The molecule has 0 bridgehead atoms. The molecule has 0 amide bonds. The lowest BCUT2D eigenvalue weighted by molar-refractivity contribution is -0.137. The number of carbonyl (C=O) groups is 1. The molecule has 2 aromatic rings. The number of carboxylic acid groups (broad SMARTS) is 1. The number of aromatic nitrogens is 3. The molecule has 0 aliphatic heterocycles. The average Bonchev–Trinajstić information content (AvgIpc) is 2.52. The van der Waals surface area contributed by atoms with E-state index in [1.807, 2.05) is 20.8 Å². The van der Waals surface area contributed by atoms with Gasteiger partial charge in [0.15, 0.2) is 0 Å². The molecule has 2 aromatic heterocycles. The van der Waals surface area contributed by atoms with E-state index in [0.29, 0.717) is 22.6 Å². The van der Waals surface area contributed by atoms with Gasteiger partial charge in [-0.3, -0.25) is 4.79 Å². The van der Waals surface area contributed by atoms with Crippen molar-refractivity contribution in [3.8, 4) is 17.2 Å².